The van der Waals surface area contributed by atoms with Crippen LogP contribution in [-0.4, -0.2) is 64.8 Å². The fourth-order valence-corrected chi connectivity index (χ4v) is 1.26. The fraction of sp³-hybridized carbons (Fsp3) is 1.00. The molecule has 1 saturated heterocycles. The van der Waals surface area contributed by atoms with Gasteiger partial charge in [-0.25, -0.2) is 0 Å². The van der Waals surface area contributed by atoms with E-state index in [1.807, 2.05) is 0 Å². The van der Waals surface area contributed by atoms with Crippen molar-refractivity contribution in [2.45, 2.75) is 30.7 Å². The summed E-state index contributed by atoms with van der Waals surface area (Å²) in [5.41, 5.74) is 0. The minimum absolute atomic E-state index is 0.440. The number of rotatable bonds is 2. The number of ether oxygens (including phenoxy) is 2. The lowest BCUT2D eigenvalue weighted by Crippen LogP contribution is -2.58. The van der Waals surface area contributed by atoms with E-state index in [9.17, 15) is 15.3 Å². The Kier molecular flexibility index (Phi) is 3.60. The van der Waals surface area contributed by atoms with Crippen molar-refractivity contribution in [3.05, 3.63) is 0 Å². The molecule has 6 heteroatoms. The third kappa shape index (κ3) is 1.98. The topological polar surface area (TPSA) is 99.4 Å². The van der Waals surface area contributed by atoms with Gasteiger partial charge in [-0.15, -0.1) is 0 Å². The highest BCUT2D eigenvalue weighted by Gasteiger charge is 2.43. The summed E-state index contributed by atoms with van der Waals surface area (Å²) in [4.78, 5) is 0. The van der Waals surface area contributed by atoms with E-state index in [-0.39, 0.29) is 0 Å². The normalized spacial score (nSPS) is 46.4. The number of hydrogen-bond acceptors (Lipinski definition) is 6. The van der Waals surface area contributed by atoms with E-state index in [2.05, 4.69) is 0 Å². The average molecular weight is 194 g/mol. The first-order valence-electron chi connectivity index (χ1n) is 3.95. The lowest BCUT2D eigenvalue weighted by atomic mass is 9.99. The molecule has 1 heterocycles. The van der Waals surface area contributed by atoms with Crippen molar-refractivity contribution in [2.24, 2.45) is 0 Å². The summed E-state index contributed by atoms with van der Waals surface area (Å²) in [6.07, 6.45) is -5.91. The predicted molar refractivity (Wildman–Crippen MR) is 40.8 cm³/mol. The molecule has 5 atom stereocenters. The van der Waals surface area contributed by atoms with Crippen LogP contribution in [0.3, 0.4) is 0 Å². The second-order valence-corrected chi connectivity index (χ2v) is 2.93. The first-order valence-corrected chi connectivity index (χ1v) is 3.95. The summed E-state index contributed by atoms with van der Waals surface area (Å²) in [5.74, 6) is 0. The molecule has 1 aliphatic rings. The summed E-state index contributed by atoms with van der Waals surface area (Å²) in [7, 11) is 1.30. The molecule has 0 spiro atoms. The Morgan fingerprint density at radius 1 is 1.15 bits per heavy atom. The molecule has 0 saturated carbocycles. The maximum absolute atomic E-state index is 9.28. The van der Waals surface area contributed by atoms with Crippen LogP contribution >= 0.6 is 0 Å². The van der Waals surface area contributed by atoms with Crippen LogP contribution in [0.5, 0.6) is 0 Å². The monoisotopic (exact) mass is 194 g/mol. The van der Waals surface area contributed by atoms with Gasteiger partial charge in [-0.3, -0.25) is 0 Å². The summed E-state index contributed by atoms with van der Waals surface area (Å²) in [5, 5.41) is 36.6. The summed E-state index contributed by atoms with van der Waals surface area (Å²) in [6, 6.07) is 0. The van der Waals surface area contributed by atoms with Crippen LogP contribution in [0.4, 0.5) is 0 Å². The van der Waals surface area contributed by atoms with Crippen LogP contribution in [0.1, 0.15) is 0 Å². The Morgan fingerprint density at radius 2 is 1.77 bits per heavy atom. The molecule has 1 aliphatic heterocycles. The summed E-state index contributed by atoms with van der Waals surface area (Å²) < 4.78 is 9.65. The predicted octanol–water partition coefficient (Wildman–Crippen LogP) is -2.57. The largest absolute Gasteiger partial charge is 0.394 e. The zero-order valence-corrected chi connectivity index (χ0v) is 7.20. The van der Waals surface area contributed by atoms with E-state index in [0.29, 0.717) is 0 Å². The molecule has 0 bridgehead atoms. The van der Waals surface area contributed by atoms with Gasteiger partial charge in [-0.05, 0) is 0 Å². The number of aliphatic hydroxyl groups is 4. The van der Waals surface area contributed by atoms with Gasteiger partial charge < -0.3 is 29.9 Å². The van der Waals surface area contributed by atoms with E-state index in [4.69, 9.17) is 14.6 Å². The second kappa shape index (κ2) is 4.32. The van der Waals surface area contributed by atoms with E-state index in [0.717, 1.165) is 0 Å². The van der Waals surface area contributed by atoms with Crippen LogP contribution in [-0.2, 0) is 9.47 Å². The van der Waals surface area contributed by atoms with Gasteiger partial charge in [0.25, 0.3) is 0 Å². The fourth-order valence-electron chi connectivity index (χ4n) is 1.26. The Morgan fingerprint density at radius 3 is 2.23 bits per heavy atom. The maximum atomic E-state index is 9.28. The van der Waals surface area contributed by atoms with E-state index in [1.165, 1.54) is 7.11 Å². The molecule has 13 heavy (non-hydrogen) atoms. The van der Waals surface area contributed by atoms with Crippen molar-refractivity contribution in [3.8, 4) is 0 Å². The Bertz CT molecular complexity index is 143. The molecule has 6 nitrogen and oxygen atoms in total. The molecule has 1 fully saturated rings. The summed E-state index contributed by atoms with van der Waals surface area (Å²) in [6.45, 7) is -0.440. The minimum atomic E-state index is -1.36. The molecule has 0 aromatic carbocycles. The first kappa shape index (κ1) is 10.8. The molecule has 4 N–H and O–H groups in total. The minimum Gasteiger partial charge on any atom is -0.394 e. The van der Waals surface area contributed by atoms with Gasteiger partial charge in [-0.2, -0.15) is 0 Å². The van der Waals surface area contributed by atoms with Gasteiger partial charge in [0, 0.05) is 7.11 Å². The Labute approximate surface area is 75.3 Å². The average Bonchev–Trinajstić information content (AvgIpc) is 2.15. The van der Waals surface area contributed by atoms with Crippen molar-refractivity contribution in [3.63, 3.8) is 0 Å². The van der Waals surface area contributed by atoms with E-state index >= 15 is 0 Å². The quantitative estimate of drug-likeness (QED) is 0.386. The molecule has 78 valence electrons. The zero-order valence-electron chi connectivity index (χ0n) is 7.20. The van der Waals surface area contributed by atoms with Crippen LogP contribution in [0.25, 0.3) is 0 Å². The highest BCUT2D eigenvalue weighted by molar-refractivity contribution is 4.88. The smallest absolute Gasteiger partial charge is 0.186 e. The zero-order chi connectivity index (χ0) is 10.0. The van der Waals surface area contributed by atoms with Crippen LogP contribution in [0.2, 0.25) is 0 Å². The maximum Gasteiger partial charge on any atom is 0.186 e. The van der Waals surface area contributed by atoms with Crippen LogP contribution in [0.15, 0.2) is 0 Å². The Balaban J connectivity index is 2.66. The van der Waals surface area contributed by atoms with Gasteiger partial charge in [0.05, 0.1) is 6.61 Å². The van der Waals surface area contributed by atoms with E-state index < -0.39 is 37.3 Å². The number of methoxy groups -OCH3 is 1. The van der Waals surface area contributed by atoms with Crippen molar-refractivity contribution < 1.29 is 29.9 Å². The number of hydrogen-bond donors (Lipinski definition) is 4. The summed E-state index contributed by atoms with van der Waals surface area (Å²) >= 11 is 0. The molecule has 0 radical (unpaired) electrons. The van der Waals surface area contributed by atoms with Crippen molar-refractivity contribution >= 4 is 0 Å². The molecular weight excluding hydrogens is 180 g/mol. The molecular formula is C7H14O6. The lowest BCUT2D eigenvalue weighted by Gasteiger charge is -2.38. The lowest BCUT2D eigenvalue weighted by molar-refractivity contribution is -0.294. The third-order valence-electron chi connectivity index (χ3n) is 2.08. The van der Waals surface area contributed by atoms with Crippen molar-refractivity contribution in [2.75, 3.05) is 13.7 Å². The molecule has 0 aromatic rings. The van der Waals surface area contributed by atoms with Gasteiger partial charge in [0.15, 0.2) is 6.29 Å². The van der Waals surface area contributed by atoms with Gasteiger partial charge in [0.1, 0.15) is 24.4 Å². The highest BCUT2D eigenvalue weighted by Crippen LogP contribution is 2.20. The standard InChI is InChI=1S/C7H14O6/c1-12-7-6(11)5(10)4(9)3(2-8)13-7/h3-11H,2H2,1H3/t3-,4-,5+,6-,7?/m1/s1. The third-order valence-corrected chi connectivity index (χ3v) is 2.08. The first-order chi connectivity index (χ1) is 6.11. The molecule has 0 aliphatic carbocycles. The second-order valence-electron chi connectivity index (χ2n) is 2.93. The number of aliphatic hydroxyl groups excluding tert-OH is 4. The van der Waals surface area contributed by atoms with Crippen LogP contribution < -0.4 is 0 Å². The molecule has 0 amide bonds. The Hall–Kier alpha value is -0.240. The van der Waals surface area contributed by atoms with Gasteiger partial charge in [-0.1, -0.05) is 0 Å². The SMILES string of the molecule is COC1O[C@H](CO)[C@@H](O)[C@H](O)[C@H]1O. The van der Waals surface area contributed by atoms with Gasteiger partial charge >= 0.3 is 0 Å². The van der Waals surface area contributed by atoms with Crippen molar-refractivity contribution in [1.82, 2.24) is 0 Å². The molecule has 1 unspecified atom stereocenters. The van der Waals surface area contributed by atoms with Crippen molar-refractivity contribution in [1.29, 1.82) is 0 Å². The van der Waals surface area contributed by atoms with E-state index in [1.54, 1.807) is 0 Å². The van der Waals surface area contributed by atoms with Gasteiger partial charge in [0.2, 0.25) is 0 Å². The molecule has 1 rings (SSSR count). The highest BCUT2D eigenvalue weighted by atomic mass is 16.7. The van der Waals surface area contributed by atoms with Crippen LogP contribution in [0, 0.1) is 0 Å². The molecule has 0 aromatic heterocycles.